The summed E-state index contributed by atoms with van der Waals surface area (Å²) in [6.07, 6.45) is 1.70. The van der Waals surface area contributed by atoms with Gasteiger partial charge in [0.2, 0.25) is 0 Å². The molecule has 0 atom stereocenters. The zero-order valence-electron chi connectivity index (χ0n) is 20.3. The first-order chi connectivity index (χ1) is 18.0. The first kappa shape index (κ1) is 25.0. The number of ether oxygens (including phenoxy) is 3. The molecule has 1 heterocycles. The van der Waals surface area contributed by atoms with Crippen molar-refractivity contribution in [3.8, 4) is 17.6 Å². The molecule has 37 heavy (non-hydrogen) atoms. The third-order valence-corrected chi connectivity index (χ3v) is 5.29. The second-order valence-corrected chi connectivity index (χ2v) is 7.82. The highest BCUT2D eigenvalue weighted by Gasteiger charge is 2.12. The number of anilines is 1. The van der Waals surface area contributed by atoms with Crippen LogP contribution in [0.15, 0.2) is 66.7 Å². The number of hydrogen-bond acceptors (Lipinski definition) is 7. The summed E-state index contributed by atoms with van der Waals surface area (Å²) in [6, 6.07) is 21.2. The quantitative estimate of drug-likeness (QED) is 0.251. The van der Waals surface area contributed by atoms with Gasteiger partial charge in [0.25, 0.3) is 5.91 Å². The van der Waals surface area contributed by atoms with E-state index >= 15 is 0 Å². The van der Waals surface area contributed by atoms with Gasteiger partial charge in [-0.1, -0.05) is 18.2 Å². The number of fused-ring (bicyclic) bond motifs is 1. The molecule has 9 heteroatoms. The Balaban J connectivity index is 1.46. The molecule has 0 fully saturated rings. The minimum absolute atomic E-state index is 0.254. The Morgan fingerprint density at radius 3 is 2.54 bits per heavy atom. The Morgan fingerprint density at radius 2 is 1.84 bits per heavy atom. The fourth-order valence-corrected chi connectivity index (χ4v) is 3.55. The van der Waals surface area contributed by atoms with Gasteiger partial charge < -0.3 is 24.5 Å². The van der Waals surface area contributed by atoms with Crippen molar-refractivity contribution in [2.75, 3.05) is 25.6 Å². The first-order valence-corrected chi connectivity index (χ1v) is 11.5. The molecule has 1 aromatic heterocycles. The smallest absolute Gasteiger partial charge is 0.337 e. The molecule has 0 aliphatic rings. The summed E-state index contributed by atoms with van der Waals surface area (Å²) in [4.78, 5) is 31.6. The van der Waals surface area contributed by atoms with Crippen molar-refractivity contribution in [2.24, 2.45) is 0 Å². The number of benzene rings is 3. The van der Waals surface area contributed by atoms with Gasteiger partial charge in [-0.25, -0.2) is 9.78 Å². The number of hydrogen-bond donors (Lipinski definition) is 2. The SMILES string of the molecule is CCOc1cc(C=C(C#N)c2nc3ccccc3[nH]2)ccc1OCC(=O)Nc1ccc(C(=O)OC)cc1. The second-order valence-electron chi connectivity index (χ2n) is 7.82. The number of para-hydroxylation sites is 2. The highest BCUT2D eigenvalue weighted by molar-refractivity contribution is 5.94. The average molecular weight is 497 g/mol. The fourth-order valence-electron chi connectivity index (χ4n) is 3.55. The Bertz CT molecular complexity index is 1470. The Kier molecular flexibility index (Phi) is 7.81. The molecule has 9 nitrogen and oxygen atoms in total. The van der Waals surface area contributed by atoms with Crippen LogP contribution < -0.4 is 14.8 Å². The highest BCUT2D eigenvalue weighted by Crippen LogP contribution is 2.30. The van der Waals surface area contributed by atoms with E-state index in [0.29, 0.717) is 46.3 Å². The van der Waals surface area contributed by atoms with Crippen LogP contribution in [0.25, 0.3) is 22.7 Å². The molecule has 0 unspecified atom stereocenters. The van der Waals surface area contributed by atoms with Crippen molar-refractivity contribution in [2.45, 2.75) is 6.92 Å². The number of aromatic nitrogens is 2. The van der Waals surface area contributed by atoms with Crippen LogP contribution in [0.3, 0.4) is 0 Å². The second kappa shape index (κ2) is 11.6. The summed E-state index contributed by atoms with van der Waals surface area (Å²) in [5.41, 5.74) is 3.59. The standard InChI is InChI=1S/C28H24N4O5/c1-3-36-25-15-18(14-20(16-29)27-31-22-6-4-5-7-23(22)32-27)8-13-24(25)37-17-26(33)30-21-11-9-19(10-12-21)28(34)35-2/h4-15H,3,17H2,1-2H3,(H,30,33)(H,31,32). The first-order valence-electron chi connectivity index (χ1n) is 11.5. The van der Waals surface area contributed by atoms with E-state index in [9.17, 15) is 14.9 Å². The van der Waals surface area contributed by atoms with Crippen molar-refractivity contribution >= 4 is 40.2 Å². The molecule has 186 valence electrons. The van der Waals surface area contributed by atoms with E-state index in [4.69, 9.17) is 9.47 Å². The van der Waals surface area contributed by atoms with Crippen LogP contribution in [-0.2, 0) is 9.53 Å². The zero-order chi connectivity index (χ0) is 26.2. The van der Waals surface area contributed by atoms with Crippen molar-refractivity contribution < 1.29 is 23.8 Å². The van der Waals surface area contributed by atoms with E-state index in [0.717, 1.165) is 11.0 Å². The maximum Gasteiger partial charge on any atom is 0.337 e. The number of esters is 1. The molecule has 1 amide bonds. The predicted octanol–water partition coefficient (Wildman–Crippen LogP) is 4.83. The van der Waals surface area contributed by atoms with Crippen LogP contribution in [0.5, 0.6) is 11.5 Å². The van der Waals surface area contributed by atoms with Crippen LogP contribution in [0.2, 0.25) is 0 Å². The van der Waals surface area contributed by atoms with Gasteiger partial charge in [0.05, 0.1) is 35.9 Å². The van der Waals surface area contributed by atoms with E-state index in [1.54, 1.807) is 48.5 Å². The van der Waals surface area contributed by atoms with E-state index in [2.05, 4.69) is 26.1 Å². The van der Waals surface area contributed by atoms with Gasteiger partial charge in [-0.2, -0.15) is 5.26 Å². The van der Waals surface area contributed by atoms with Crippen LogP contribution in [-0.4, -0.2) is 42.2 Å². The van der Waals surface area contributed by atoms with Gasteiger partial charge in [-0.15, -0.1) is 0 Å². The van der Waals surface area contributed by atoms with Crippen molar-refractivity contribution in [3.63, 3.8) is 0 Å². The van der Waals surface area contributed by atoms with Crippen molar-refractivity contribution in [1.29, 1.82) is 5.26 Å². The Morgan fingerprint density at radius 1 is 1.05 bits per heavy atom. The number of nitrogens with one attached hydrogen (secondary N) is 2. The number of imidazole rings is 1. The van der Waals surface area contributed by atoms with Crippen molar-refractivity contribution in [3.05, 3.63) is 83.7 Å². The molecule has 3 aromatic carbocycles. The molecule has 0 bridgehead atoms. The van der Waals surface area contributed by atoms with Gasteiger partial charge in [0, 0.05) is 5.69 Å². The number of rotatable bonds is 9. The highest BCUT2D eigenvalue weighted by atomic mass is 16.5. The van der Waals surface area contributed by atoms with E-state index in [1.165, 1.54) is 7.11 Å². The lowest BCUT2D eigenvalue weighted by molar-refractivity contribution is -0.118. The molecule has 4 aromatic rings. The van der Waals surface area contributed by atoms with Gasteiger partial charge in [-0.05, 0) is 67.1 Å². The van der Waals surface area contributed by atoms with E-state index < -0.39 is 5.97 Å². The monoisotopic (exact) mass is 496 g/mol. The molecular formula is C28H24N4O5. The van der Waals surface area contributed by atoms with Crippen LogP contribution in [0.1, 0.15) is 28.7 Å². The van der Waals surface area contributed by atoms with Crippen molar-refractivity contribution in [1.82, 2.24) is 9.97 Å². The molecule has 0 spiro atoms. The average Bonchev–Trinajstić information content (AvgIpc) is 3.35. The number of nitrogens with zero attached hydrogens (tertiary/aromatic N) is 2. The number of methoxy groups -OCH3 is 1. The summed E-state index contributed by atoms with van der Waals surface area (Å²) in [7, 11) is 1.30. The molecule has 0 radical (unpaired) electrons. The van der Waals surface area contributed by atoms with Gasteiger partial charge in [-0.3, -0.25) is 4.79 Å². The summed E-state index contributed by atoms with van der Waals surface area (Å²) in [5, 5.41) is 12.4. The summed E-state index contributed by atoms with van der Waals surface area (Å²) in [6.45, 7) is 1.97. The molecule has 0 aliphatic heterocycles. The molecule has 0 aliphatic carbocycles. The molecule has 4 rings (SSSR count). The third-order valence-electron chi connectivity index (χ3n) is 5.29. The number of nitriles is 1. The lowest BCUT2D eigenvalue weighted by Crippen LogP contribution is -2.20. The summed E-state index contributed by atoms with van der Waals surface area (Å²) < 4.78 is 16.1. The summed E-state index contributed by atoms with van der Waals surface area (Å²) in [5.74, 6) is 0.459. The topological polar surface area (TPSA) is 126 Å². The van der Waals surface area contributed by atoms with Gasteiger partial charge >= 0.3 is 5.97 Å². The number of H-pyrrole nitrogens is 1. The summed E-state index contributed by atoms with van der Waals surface area (Å²) >= 11 is 0. The van der Waals surface area contributed by atoms with Crippen LogP contribution >= 0.6 is 0 Å². The number of aromatic amines is 1. The maximum absolute atomic E-state index is 12.4. The lowest BCUT2D eigenvalue weighted by atomic mass is 10.1. The fraction of sp³-hybridized carbons (Fsp3) is 0.143. The zero-order valence-corrected chi connectivity index (χ0v) is 20.3. The number of amides is 1. The molecule has 0 saturated heterocycles. The molecular weight excluding hydrogens is 472 g/mol. The van der Waals surface area contributed by atoms with Crippen LogP contribution in [0, 0.1) is 11.3 Å². The Labute approximate surface area is 213 Å². The molecule has 0 saturated carbocycles. The largest absolute Gasteiger partial charge is 0.490 e. The Hall–Kier alpha value is -5.10. The lowest BCUT2D eigenvalue weighted by Gasteiger charge is -2.13. The predicted molar refractivity (Wildman–Crippen MR) is 139 cm³/mol. The molecule has 2 N–H and O–H groups in total. The van der Waals surface area contributed by atoms with Gasteiger partial charge in [0.1, 0.15) is 11.9 Å². The van der Waals surface area contributed by atoms with E-state index in [1.807, 2.05) is 31.2 Å². The van der Waals surface area contributed by atoms with Crippen LogP contribution in [0.4, 0.5) is 5.69 Å². The number of carbonyl (C=O) groups excluding carboxylic acids is 2. The third kappa shape index (κ3) is 6.13. The number of carbonyl (C=O) groups is 2. The van der Waals surface area contributed by atoms with E-state index in [-0.39, 0.29) is 12.5 Å². The normalized spacial score (nSPS) is 11.0. The van der Waals surface area contributed by atoms with Gasteiger partial charge in [0.15, 0.2) is 18.1 Å². The minimum Gasteiger partial charge on any atom is -0.490 e. The number of allylic oxidation sites excluding steroid dienone is 1. The maximum atomic E-state index is 12.4. The minimum atomic E-state index is -0.456.